The lowest BCUT2D eigenvalue weighted by Gasteiger charge is -2.11. The normalized spacial score (nSPS) is 18.5. The lowest BCUT2D eigenvalue weighted by atomic mass is 10.0. The third kappa shape index (κ3) is 4.41. The van der Waals surface area contributed by atoms with Crippen LogP contribution in [0, 0.1) is 5.92 Å². The molecule has 3 rings (SSSR count). The second kappa shape index (κ2) is 7.88. The van der Waals surface area contributed by atoms with Crippen molar-refractivity contribution in [2.75, 3.05) is 18.5 Å². The average molecular weight is 337 g/mol. The van der Waals surface area contributed by atoms with Crippen LogP contribution in [0.25, 0.3) is 6.08 Å². The van der Waals surface area contributed by atoms with Crippen molar-refractivity contribution >= 4 is 17.5 Å². The van der Waals surface area contributed by atoms with Crippen LogP contribution in [-0.2, 0) is 4.79 Å². The molecule has 0 aliphatic heterocycles. The number of hydrogen-bond donors (Lipinski definition) is 2. The van der Waals surface area contributed by atoms with Gasteiger partial charge in [0.15, 0.2) is 5.78 Å². The van der Waals surface area contributed by atoms with Crippen LogP contribution in [0.3, 0.4) is 0 Å². The summed E-state index contributed by atoms with van der Waals surface area (Å²) in [5, 5.41) is 12.7. The third-order valence-electron chi connectivity index (χ3n) is 4.40. The highest BCUT2D eigenvalue weighted by Crippen LogP contribution is 2.29. The Bertz CT molecular complexity index is 748. The Morgan fingerprint density at radius 2 is 1.88 bits per heavy atom. The molecule has 4 heteroatoms. The van der Waals surface area contributed by atoms with Crippen LogP contribution in [0.1, 0.15) is 25.3 Å². The van der Waals surface area contributed by atoms with Gasteiger partial charge in [0.1, 0.15) is 11.5 Å². The Morgan fingerprint density at radius 3 is 2.56 bits per heavy atom. The summed E-state index contributed by atoms with van der Waals surface area (Å²) in [5.41, 5.74) is 2.80. The number of rotatable bonds is 6. The topological polar surface area (TPSA) is 58.6 Å². The Labute approximate surface area is 148 Å². The number of ketones is 1. The first-order chi connectivity index (χ1) is 12.2. The Balaban J connectivity index is 1.57. The van der Waals surface area contributed by atoms with Crippen molar-refractivity contribution in [1.29, 1.82) is 0 Å². The minimum absolute atomic E-state index is 0.00920. The largest absolute Gasteiger partial charge is 0.508 e. The zero-order valence-corrected chi connectivity index (χ0v) is 14.4. The Kier molecular flexibility index (Phi) is 5.39. The number of benzene rings is 2. The summed E-state index contributed by atoms with van der Waals surface area (Å²) in [6.07, 6.45) is 3.60. The Hall–Kier alpha value is -2.75. The van der Waals surface area contributed by atoms with Crippen LogP contribution in [0.2, 0.25) is 0 Å². The van der Waals surface area contributed by atoms with E-state index >= 15 is 0 Å². The fourth-order valence-corrected chi connectivity index (χ4v) is 3.03. The number of allylic oxidation sites excluding steroid dienone is 1. The number of anilines is 1. The molecule has 0 amide bonds. The minimum atomic E-state index is 0.00920. The van der Waals surface area contributed by atoms with E-state index in [-0.39, 0.29) is 17.5 Å². The van der Waals surface area contributed by atoms with Crippen LogP contribution in [0.5, 0.6) is 11.5 Å². The number of phenolic OH excluding ortho intramolecular Hbond substituents is 1. The van der Waals surface area contributed by atoms with E-state index in [9.17, 15) is 9.90 Å². The molecule has 0 radical (unpaired) electrons. The van der Waals surface area contributed by atoms with Gasteiger partial charge in [-0.15, -0.1) is 0 Å². The van der Waals surface area contributed by atoms with E-state index in [1.54, 1.807) is 12.1 Å². The van der Waals surface area contributed by atoms with Crippen LogP contribution in [0.15, 0.2) is 54.1 Å². The predicted molar refractivity (Wildman–Crippen MR) is 99.9 cm³/mol. The number of nitrogens with one attached hydrogen (secondary N) is 1. The predicted octanol–water partition coefficient (Wildman–Crippen LogP) is 4.27. The summed E-state index contributed by atoms with van der Waals surface area (Å²) >= 11 is 0. The summed E-state index contributed by atoms with van der Waals surface area (Å²) in [6.45, 7) is 3.25. The van der Waals surface area contributed by atoms with E-state index in [1.807, 2.05) is 49.4 Å². The highest BCUT2D eigenvalue weighted by atomic mass is 16.5. The summed E-state index contributed by atoms with van der Waals surface area (Å²) in [5.74, 6) is 1.31. The minimum Gasteiger partial charge on any atom is -0.508 e. The second-order valence-corrected chi connectivity index (χ2v) is 6.20. The number of Topliss-reactive ketones (excluding diaryl/α,β-unsaturated/α-hetero) is 1. The fraction of sp³-hybridized carbons (Fsp3) is 0.286. The molecule has 0 bridgehead atoms. The van der Waals surface area contributed by atoms with Crippen LogP contribution < -0.4 is 10.1 Å². The van der Waals surface area contributed by atoms with Crippen molar-refractivity contribution < 1.29 is 14.6 Å². The van der Waals surface area contributed by atoms with Crippen molar-refractivity contribution in [2.45, 2.75) is 19.8 Å². The summed E-state index contributed by atoms with van der Waals surface area (Å²) < 4.78 is 5.43. The molecule has 2 aromatic carbocycles. The van der Waals surface area contributed by atoms with Crippen molar-refractivity contribution in [3.63, 3.8) is 0 Å². The van der Waals surface area contributed by atoms with Crippen molar-refractivity contribution in [3.05, 3.63) is 59.7 Å². The number of carbonyl (C=O) groups is 1. The first-order valence-corrected chi connectivity index (χ1v) is 8.66. The summed E-state index contributed by atoms with van der Waals surface area (Å²) in [4.78, 5) is 12.6. The molecule has 2 N–H and O–H groups in total. The summed E-state index contributed by atoms with van der Waals surface area (Å²) in [7, 11) is 0. The lowest BCUT2D eigenvalue weighted by molar-refractivity contribution is -0.117. The highest BCUT2D eigenvalue weighted by molar-refractivity contribution is 6.03. The van der Waals surface area contributed by atoms with Crippen LogP contribution in [-0.4, -0.2) is 24.0 Å². The molecule has 4 nitrogen and oxygen atoms in total. The van der Waals surface area contributed by atoms with E-state index in [2.05, 4.69) is 5.32 Å². The molecular formula is C21H23NO3. The molecule has 1 atom stereocenters. The van der Waals surface area contributed by atoms with Gasteiger partial charge in [0, 0.05) is 18.2 Å². The zero-order chi connectivity index (χ0) is 17.6. The average Bonchev–Trinajstić information content (AvgIpc) is 2.97. The zero-order valence-electron chi connectivity index (χ0n) is 14.4. The van der Waals surface area contributed by atoms with Crippen molar-refractivity contribution in [2.24, 2.45) is 5.92 Å². The van der Waals surface area contributed by atoms with Gasteiger partial charge in [0.2, 0.25) is 0 Å². The number of aromatic hydroxyl groups is 1. The first-order valence-electron chi connectivity index (χ1n) is 8.66. The van der Waals surface area contributed by atoms with E-state index in [0.29, 0.717) is 13.2 Å². The van der Waals surface area contributed by atoms with Crippen molar-refractivity contribution in [1.82, 2.24) is 0 Å². The van der Waals surface area contributed by atoms with Gasteiger partial charge in [-0.2, -0.15) is 0 Å². The van der Waals surface area contributed by atoms with E-state index < -0.39 is 0 Å². The smallest absolute Gasteiger partial charge is 0.163 e. The SMILES string of the molecule is CCOc1ccc(NCC2CC/C(=C\c3ccc(O)cc3)C2=O)cc1. The molecule has 1 fully saturated rings. The van der Waals surface area contributed by atoms with E-state index in [1.165, 1.54) is 0 Å². The van der Waals surface area contributed by atoms with E-state index in [4.69, 9.17) is 4.74 Å². The van der Waals surface area contributed by atoms with Gasteiger partial charge in [-0.25, -0.2) is 0 Å². The lowest BCUT2D eigenvalue weighted by Crippen LogP contribution is -2.18. The monoisotopic (exact) mass is 337 g/mol. The summed E-state index contributed by atoms with van der Waals surface area (Å²) in [6, 6.07) is 14.7. The molecule has 2 aromatic rings. The Morgan fingerprint density at radius 1 is 1.16 bits per heavy atom. The molecule has 1 unspecified atom stereocenters. The molecule has 1 aliphatic carbocycles. The third-order valence-corrected chi connectivity index (χ3v) is 4.40. The van der Waals surface area contributed by atoms with Crippen LogP contribution >= 0.6 is 0 Å². The number of phenols is 1. The molecule has 0 saturated heterocycles. The van der Waals surface area contributed by atoms with Gasteiger partial charge >= 0.3 is 0 Å². The fourth-order valence-electron chi connectivity index (χ4n) is 3.03. The molecular weight excluding hydrogens is 314 g/mol. The van der Waals surface area contributed by atoms with Crippen molar-refractivity contribution in [3.8, 4) is 11.5 Å². The van der Waals surface area contributed by atoms with Gasteiger partial charge in [0.05, 0.1) is 6.61 Å². The molecule has 130 valence electrons. The van der Waals surface area contributed by atoms with Gasteiger partial charge in [-0.3, -0.25) is 4.79 Å². The van der Waals surface area contributed by atoms with Gasteiger partial charge in [-0.1, -0.05) is 12.1 Å². The maximum Gasteiger partial charge on any atom is 0.163 e. The van der Waals surface area contributed by atoms with E-state index in [0.717, 1.165) is 35.4 Å². The molecule has 1 saturated carbocycles. The molecule has 0 aromatic heterocycles. The molecule has 0 spiro atoms. The van der Waals surface area contributed by atoms with Gasteiger partial charge < -0.3 is 15.2 Å². The quantitative estimate of drug-likeness (QED) is 0.773. The van der Waals surface area contributed by atoms with Gasteiger partial charge in [0.25, 0.3) is 0 Å². The highest BCUT2D eigenvalue weighted by Gasteiger charge is 2.28. The second-order valence-electron chi connectivity index (χ2n) is 6.20. The molecule has 0 heterocycles. The van der Waals surface area contributed by atoms with Gasteiger partial charge in [-0.05, 0) is 73.4 Å². The number of ether oxygens (including phenoxy) is 1. The standard InChI is InChI=1S/C21H23NO3/c1-2-25-20-11-7-18(8-12-20)22-14-17-6-5-16(21(17)24)13-15-3-9-19(23)10-4-15/h3-4,7-13,17,22-23H,2,5-6,14H2,1H3/b16-13+. The maximum atomic E-state index is 12.6. The molecule has 1 aliphatic rings. The van der Waals surface area contributed by atoms with Crippen LogP contribution in [0.4, 0.5) is 5.69 Å². The number of carbonyl (C=O) groups excluding carboxylic acids is 1. The maximum absolute atomic E-state index is 12.6. The number of hydrogen-bond acceptors (Lipinski definition) is 4. The first kappa shape index (κ1) is 17.1. The molecule has 25 heavy (non-hydrogen) atoms.